The van der Waals surface area contributed by atoms with E-state index in [0.29, 0.717) is 0 Å². The molecule has 0 spiro atoms. The van der Waals surface area contributed by atoms with Crippen LogP contribution in [0.3, 0.4) is 0 Å². The van der Waals surface area contributed by atoms with E-state index in [1.165, 1.54) is 0 Å². The Bertz CT molecular complexity index is 324. The van der Waals surface area contributed by atoms with Crippen molar-refractivity contribution in [1.82, 2.24) is 0 Å². The molecule has 78 valence electrons. The summed E-state index contributed by atoms with van der Waals surface area (Å²) in [6.07, 6.45) is 0. The molecule has 4 heteroatoms. The maximum absolute atomic E-state index is 13.1. The summed E-state index contributed by atoms with van der Waals surface area (Å²) in [7, 11) is 0. The molecule has 0 saturated heterocycles. The summed E-state index contributed by atoms with van der Waals surface area (Å²) in [5.74, 6) is -2.81. The molecule has 0 aliphatic heterocycles. The average molecular weight is 202 g/mol. The topological polar surface area (TPSA) is 29.5 Å². The predicted octanol–water partition coefficient (Wildman–Crippen LogP) is 2.71. The minimum absolute atomic E-state index is 0.163. The second kappa shape index (κ2) is 4.26. The first-order valence-corrected chi connectivity index (χ1v) is 4.32. The minimum Gasteiger partial charge on any atom is -0.505 e. The second-order valence-corrected chi connectivity index (χ2v) is 3.41. The van der Waals surface area contributed by atoms with Gasteiger partial charge in [0.1, 0.15) is 0 Å². The highest BCUT2D eigenvalue weighted by molar-refractivity contribution is 5.35. The fraction of sp³-hybridized carbons (Fsp3) is 0.400. The van der Waals surface area contributed by atoms with Crippen molar-refractivity contribution in [2.24, 2.45) is 5.92 Å². The molecule has 0 bridgehead atoms. The van der Waals surface area contributed by atoms with Crippen LogP contribution in [0.25, 0.3) is 0 Å². The maximum Gasteiger partial charge on any atom is 0.209 e. The third-order valence-corrected chi connectivity index (χ3v) is 1.59. The molecule has 0 aromatic heterocycles. The van der Waals surface area contributed by atoms with Gasteiger partial charge in [0.25, 0.3) is 0 Å². The van der Waals surface area contributed by atoms with Gasteiger partial charge in [0, 0.05) is 0 Å². The molecule has 0 atom stereocenters. The van der Waals surface area contributed by atoms with Gasteiger partial charge in [0.05, 0.1) is 6.61 Å². The smallest absolute Gasteiger partial charge is 0.209 e. The van der Waals surface area contributed by atoms with Gasteiger partial charge in [-0.25, -0.2) is 4.39 Å². The molecule has 0 aliphatic carbocycles. The minimum atomic E-state index is -1.05. The fourth-order valence-electron chi connectivity index (χ4n) is 0.904. The molecule has 0 aliphatic rings. The molecule has 2 nitrogen and oxygen atoms in total. The van der Waals surface area contributed by atoms with Crippen LogP contribution in [0, 0.1) is 17.6 Å². The van der Waals surface area contributed by atoms with Crippen molar-refractivity contribution >= 4 is 0 Å². The summed E-state index contributed by atoms with van der Waals surface area (Å²) in [6, 6.07) is 1.92. The van der Waals surface area contributed by atoms with E-state index in [1.807, 2.05) is 13.8 Å². The van der Waals surface area contributed by atoms with Gasteiger partial charge in [-0.2, -0.15) is 4.39 Å². The van der Waals surface area contributed by atoms with E-state index in [2.05, 4.69) is 0 Å². The highest BCUT2D eigenvalue weighted by Gasteiger charge is 2.14. The van der Waals surface area contributed by atoms with Gasteiger partial charge in [0.15, 0.2) is 17.3 Å². The SMILES string of the molecule is CC(C)COc1c(F)ccc(O)c1F. The van der Waals surface area contributed by atoms with Gasteiger partial charge < -0.3 is 9.84 Å². The van der Waals surface area contributed by atoms with Crippen molar-refractivity contribution in [3.63, 3.8) is 0 Å². The van der Waals surface area contributed by atoms with Gasteiger partial charge in [-0.15, -0.1) is 0 Å². The largest absolute Gasteiger partial charge is 0.505 e. The van der Waals surface area contributed by atoms with Crippen molar-refractivity contribution in [3.05, 3.63) is 23.8 Å². The first-order valence-electron chi connectivity index (χ1n) is 4.32. The Morgan fingerprint density at radius 2 is 2.00 bits per heavy atom. The molecule has 0 heterocycles. The first-order chi connectivity index (χ1) is 6.52. The van der Waals surface area contributed by atoms with Crippen LogP contribution in [-0.2, 0) is 0 Å². The lowest BCUT2D eigenvalue weighted by atomic mass is 10.2. The van der Waals surface area contributed by atoms with Crippen molar-refractivity contribution in [3.8, 4) is 11.5 Å². The van der Waals surface area contributed by atoms with E-state index >= 15 is 0 Å². The Kier molecular flexibility index (Phi) is 3.28. The van der Waals surface area contributed by atoms with Gasteiger partial charge in [-0.3, -0.25) is 0 Å². The van der Waals surface area contributed by atoms with Crippen LogP contribution in [0.4, 0.5) is 8.78 Å². The van der Waals surface area contributed by atoms with E-state index < -0.39 is 23.1 Å². The number of phenols is 1. The van der Waals surface area contributed by atoms with Gasteiger partial charge in [-0.1, -0.05) is 13.8 Å². The lowest BCUT2D eigenvalue weighted by molar-refractivity contribution is 0.243. The van der Waals surface area contributed by atoms with E-state index in [9.17, 15) is 8.78 Å². The van der Waals surface area contributed by atoms with Crippen molar-refractivity contribution in [2.75, 3.05) is 6.61 Å². The van der Waals surface area contributed by atoms with E-state index in [-0.39, 0.29) is 12.5 Å². The summed E-state index contributed by atoms with van der Waals surface area (Å²) in [6.45, 7) is 3.93. The molecule has 0 saturated carbocycles. The fourth-order valence-corrected chi connectivity index (χ4v) is 0.904. The Morgan fingerprint density at radius 1 is 1.36 bits per heavy atom. The molecule has 1 aromatic rings. The van der Waals surface area contributed by atoms with Crippen LogP contribution in [0.5, 0.6) is 11.5 Å². The molecule has 1 rings (SSSR count). The maximum atomic E-state index is 13.1. The normalized spacial score (nSPS) is 10.6. The zero-order valence-corrected chi connectivity index (χ0v) is 8.05. The highest BCUT2D eigenvalue weighted by atomic mass is 19.1. The molecule has 0 amide bonds. The lowest BCUT2D eigenvalue weighted by Gasteiger charge is -2.10. The van der Waals surface area contributed by atoms with Gasteiger partial charge in [0.2, 0.25) is 5.82 Å². The Morgan fingerprint density at radius 3 is 2.57 bits per heavy atom. The molecule has 14 heavy (non-hydrogen) atoms. The van der Waals surface area contributed by atoms with Gasteiger partial charge in [-0.05, 0) is 18.1 Å². The Labute approximate surface area is 81.1 Å². The zero-order chi connectivity index (χ0) is 10.7. The predicted molar refractivity (Wildman–Crippen MR) is 48.4 cm³/mol. The molecule has 0 radical (unpaired) electrons. The van der Waals surface area contributed by atoms with Crippen LogP contribution >= 0.6 is 0 Å². The number of phenolic OH excluding ortho intramolecular Hbond substituents is 1. The summed E-state index contributed by atoms with van der Waals surface area (Å²) < 4.78 is 31.0. The second-order valence-electron chi connectivity index (χ2n) is 3.41. The van der Waals surface area contributed by atoms with Crippen molar-refractivity contribution in [2.45, 2.75) is 13.8 Å². The molecule has 1 aromatic carbocycles. The number of ether oxygens (including phenoxy) is 1. The molecular weight excluding hydrogens is 190 g/mol. The summed E-state index contributed by atoms with van der Waals surface area (Å²) >= 11 is 0. The summed E-state index contributed by atoms with van der Waals surface area (Å²) in [5, 5.41) is 8.97. The number of aromatic hydroxyl groups is 1. The van der Waals surface area contributed by atoms with Crippen LogP contribution in [0.2, 0.25) is 0 Å². The van der Waals surface area contributed by atoms with Gasteiger partial charge >= 0.3 is 0 Å². The van der Waals surface area contributed by atoms with Crippen LogP contribution in [-0.4, -0.2) is 11.7 Å². The lowest BCUT2D eigenvalue weighted by Crippen LogP contribution is -2.07. The molecule has 0 unspecified atom stereocenters. The van der Waals surface area contributed by atoms with Crippen molar-refractivity contribution in [1.29, 1.82) is 0 Å². The molecule has 1 N–H and O–H groups in total. The highest BCUT2D eigenvalue weighted by Crippen LogP contribution is 2.28. The number of benzene rings is 1. The monoisotopic (exact) mass is 202 g/mol. The van der Waals surface area contributed by atoms with Crippen LogP contribution < -0.4 is 4.74 Å². The number of halogens is 2. The number of rotatable bonds is 3. The van der Waals surface area contributed by atoms with E-state index in [1.54, 1.807) is 0 Å². The number of hydrogen-bond donors (Lipinski definition) is 1. The quantitative estimate of drug-likeness (QED) is 0.816. The first kappa shape index (κ1) is 10.8. The van der Waals surface area contributed by atoms with Crippen LogP contribution in [0.1, 0.15) is 13.8 Å². The zero-order valence-electron chi connectivity index (χ0n) is 8.05. The number of hydrogen-bond acceptors (Lipinski definition) is 2. The third-order valence-electron chi connectivity index (χ3n) is 1.59. The standard InChI is InChI=1S/C10H12F2O2/c1-6(2)5-14-10-7(11)3-4-8(13)9(10)12/h3-4,6,13H,5H2,1-2H3. The van der Waals surface area contributed by atoms with E-state index in [0.717, 1.165) is 12.1 Å². The van der Waals surface area contributed by atoms with E-state index in [4.69, 9.17) is 9.84 Å². The molecular formula is C10H12F2O2. The third kappa shape index (κ3) is 2.34. The summed E-state index contributed by atoms with van der Waals surface area (Å²) in [4.78, 5) is 0. The summed E-state index contributed by atoms with van der Waals surface area (Å²) in [5.41, 5.74) is 0. The molecule has 0 fully saturated rings. The Hall–Kier alpha value is -1.32. The Balaban J connectivity index is 2.89. The average Bonchev–Trinajstić information content (AvgIpc) is 2.11. The van der Waals surface area contributed by atoms with Crippen molar-refractivity contribution < 1.29 is 18.6 Å². The van der Waals surface area contributed by atoms with Crippen LogP contribution in [0.15, 0.2) is 12.1 Å².